The standard InChI is InChI=1S/C24H22FN3O4/c1-4-26-28(18-9-7-8-17(25)15-18)24(30)19-10-5-6-11-20(19)27-23(29)16-12-13-21(31-2)22(14-16)32-3/h4-15H,1-3H3,(H,27,29). The first kappa shape index (κ1) is 22.5. The van der Waals surface area contributed by atoms with Crippen LogP contribution < -0.4 is 19.8 Å². The Morgan fingerprint density at radius 1 is 0.969 bits per heavy atom. The SMILES string of the molecule is CC=NN(C(=O)c1ccccc1NC(=O)c1ccc(OC)c(OC)c1)c1cccc(F)c1. The van der Waals surface area contributed by atoms with Crippen LogP contribution in [-0.2, 0) is 0 Å². The van der Waals surface area contributed by atoms with Crippen LogP contribution in [-0.4, -0.2) is 32.2 Å². The highest BCUT2D eigenvalue weighted by molar-refractivity contribution is 6.13. The number of hydrogen-bond donors (Lipinski definition) is 1. The topological polar surface area (TPSA) is 80.2 Å². The smallest absolute Gasteiger partial charge is 0.280 e. The van der Waals surface area contributed by atoms with Crippen LogP contribution in [0.25, 0.3) is 0 Å². The van der Waals surface area contributed by atoms with Gasteiger partial charge < -0.3 is 14.8 Å². The summed E-state index contributed by atoms with van der Waals surface area (Å²) in [4.78, 5) is 26.1. The monoisotopic (exact) mass is 435 g/mol. The van der Waals surface area contributed by atoms with Crippen molar-refractivity contribution >= 4 is 29.4 Å². The number of para-hydroxylation sites is 1. The summed E-state index contributed by atoms with van der Waals surface area (Å²) in [6, 6.07) is 16.8. The molecule has 3 rings (SSSR count). The number of halogens is 1. The zero-order valence-corrected chi connectivity index (χ0v) is 17.8. The van der Waals surface area contributed by atoms with Crippen molar-refractivity contribution in [3.8, 4) is 11.5 Å². The van der Waals surface area contributed by atoms with Gasteiger partial charge in [-0.05, 0) is 55.5 Å². The molecule has 3 aromatic carbocycles. The number of carbonyl (C=O) groups excluding carboxylic acids is 2. The van der Waals surface area contributed by atoms with Gasteiger partial charge in [-0.3, -0.25) is 9.59 Å². The van der Waals surface area contributed by atoms with Gasteiger partial charge >= 0.3 is 0 Å². The molecular weight excluding hydrogens is 413 g/mol. The van der Waals surface area contributed by atoms with Crippen LogP contribution in [0.1, 0.15) is 27.6 Å². The molecule has 0 fully saturated rings. The van der Waals surface area contributed by atoms with Gasteiger partial charge in [-0.1, -0.05) is 18.2 Å². The second kappa shape index (κ2) is 10.2. The third-order valence-electron chi connectivity index (χ3n) is 4.53. The van der Waals surface area contributed by atoms with E-state index in [0.717, 1.165) is 5.01 Å². The first-order valence-electron chi connectivity index (χ1n) is 9.69. The lowest BCUT2D eigenvalue weighted by atomic mass is 10.1. The summed E-state index contributed by atoms with van der Waals surface area (Å²) >= 11 is 0. The maximum absolute atomic E-state index is 13.7. The Morgan fingerprint density at radius 2 is 1.72 bits per heavy atom. The van der Waals surface area contributed by atoms with Gasteiger partial charge in [0.15, 0.2) is 11.5 Å². The first-order valence-corrected chi connectivity index (χ1v) is 9.69. The average molecular weight is 435 g/mol. The molecule has 0 saturated heterocycles. The van der Waals surface area contributed by atoms with Crippen molar-refractivity contribution in [2.45, 2.75) is 6.92 Å². The van der Waals surface area contributed by atoms with Gasteiger partial charge in [-0.2, -0.15) is 10.1 Å². The molecule has 2 amide bonds. The summed E-state index contributed by atoms with van der Waals surface area (Å²) in [7, 11) is 2.98. The molecule has 0 bridgehead atoms. The Morgan fingerprint density at radius 3 is 2.41 bits per heavy atom. The van der Waals surface area contributed by atoms with Crippen molar-refractivity contribution in [2.75, 3.05) is 24.5 Å². The van der Waals surface area contributed by atoms with Crippen molar-refractivity contribution in [2.24, 2.45) is 5.10 Å². The molecule has 0 saturated carbocycles. The number of rotatable bonds is 7. The maximum Gasteiger partial charge on any atom is 0.280 e. The van der Waals surface area contributed by atoms with Gasteiger partial charge in [0.2, 0.25) is 0 Å². The van der Waals surface area contributed by atoms with Crippen LogP contribution in [0.3, 0.4) is 0 Å². The zero-order valence-electron chi connectivity index (χ0n) is 17.8. The van der Waals surface area contributed by atoms with Gasteiger partial charge in [-0.15, -0.1) is 0 Å². The quantitative estimate of drug-likeness (QED) is 0.429. The van der Waals surface area contributed by atoms with Gasteiger partial charge in [-0.25, -0.2) is 4.39 Å². The number of carbonyl (C=O) groups is 2. The minimum absolute atomic E-state index is 0.191. The highest BCUT2D eigenvalue weighted by Gasteiger charge is 2.22. The molecule has 0 atom stereocenters. The Balaban J connectivity index is 1.93. The summed E-state index contributed by atoms with van der Waals surface area (Å²) in [6.07, 6.45) is 1.42. The van der Waals surface area contributed by atoms with Crippen molar-refractivity contribution in [1.29, 1.82) is 0 Å². The number of amides is 2. The number of anilines is 2. The molecule has 0 aliphatic heterocycles. The number of methoxy groups -OCH3 is 2. The molecule has 8 heteroatoms. The molecule has 0 unspecified atom stereocenters. The highest BCUT2D eigenvalue weighted by atomic mass is 19.1. The Labute approximate surface area is 185 Å². The van der Waals surface area contributed by atoms with E-state index >= 15 is 0 Å². The molecule has 0 heterocycles. The van der Waals surface area contributed by atoms with E-state index in [1.165, 1.54) is 38.6 Å². The molecule has 32 heavy (non-hydrogen) atoms. The largest absolute Gasteiger partial charge is 0.493 e. The van der Waals surface area contributed by atoms with Crippen LogP contribution in [0, 0.1) is 5.82 Å². The van der Waals surface area contributed by atoms with Gasteiger partial charge in [0.05, 0.1) is 31.2 Å². The minimum Gasteiger partial charge on any atom is -0.493 e. The van der Waals surface area contributed by atoms with Crippen LogP contribution in [0.5, 0.6) is 11.5 Å². The fourth-order valence-electron chi connectivity index (χ4n) is 3.02. The van der Waals surface area contributed by atoms with Gasteiger partial charge in [0, 0.05) is 11.8 Å². The number of nitrogens with one attached hydrogen (secondary N) is 1. The number of benzene rings is 3. The number of nitrogens with zero attached hydrogens (tertiary/aromatic N) is 2. The molecule has 0 aliphatic carbocycles. The molecule has 1 N–H and O–H groups in total. The van der Waals surface area contributed by atoms with E-state index in [9.17, 15) is 14.0 Å². The molecule has 0 spiro atoms. The summed E-state index contributed by atoms with van der Waals surface area (Å²) < 4.78 is 24.2. The Bertz CT molecular complexity index is 1160. The summed E-state index contributed by atoms with van der Waals surface area (Å²) in [5.41, 5.74) is 1.05. The second-order valence-electron chi connectivity index (χ2n) is 6.54. The molecular formula is C24H22FN3O4. The van der Waals surface area contributed by atoms with Crippen molar-refractivity contribution in [3.05, 3.63) is 83.7 Å². The fourth-order valence-corrected chi connectivity index (χ4v) is 3.02. The Hall–Kier alpha value is -4.20. The second-order valence-corrected chi connectivity index (χ2v) is 6.54. The van der Waals surface area contributed by atoms with E-state index < -0.39 is 17.6 Å². The Kier molecular flexibility index (Phi) is 7.17. The third kappa shape index (κ3) is 4.92. The summed E-state index contributed by atoms with van der Waals surface area (Å²) in [5.74, 6) is -0.581. The normalized spacial score (nSPS) is 10.6. The molecule has 0 radical (unpaired) electrons. The van der Waals surface area contributed by atoms with Crippen LogP contribution in [0.15, 0.2) is 71.8 Å². The summed E-state index contributed by atoms with van der Waals surface area (Å²) in [5, 5.41) is 7.90. The van der Waals surface area contributed by atoms with E-state index in [2.05, 4.69) is 10.4 Å². The first-order chi connectivity index (χ1) is 15.5. The average Bonchev–Trinajstić information content (AvgIpc) is 2.82. The predicted octanol–water partition coefficient (Wildman–Crippen LogP) is 4.75. The number of ether oxygens (including phenoxy) is 2. The lowest BCUT2D eigenvalue weighted by Gasteiger charge is -2.19. The van der Waals surface area contributed by atoms with Crippen LogP contribution in [0.2, 0.25) is 0 Å². The number of hydrogen-bond acceptors (Lipinski definition) is 5. The van der Waals surface area contributed by atoms with Gasteiger partial charge in [0.1, 0.15) is 5.82 Å². The lowest BCUT2D eigenvalue weighted by molar-refractivity contribution is 0.0988. The van der Waals surface area contributed by atoms with E-state index in [-0.39, 0.29) is 16.9 Å². The fraction of sp³-hybridized carbons (Fsp3) is 0.125. The number of hydrazone groups is 1. The van der Waals surface area contributed by atoms with Crippen molar-refractivity contribution < 1.29 is 23.5 Å². The summed E-state index contributed by atoms with van der Waals surface area (Å²) in [6.45, 7) is 1.64. The molecule has 3 aromatic rings. The maximum atomic E-state index is 13.7. The van der Waals surface area contributed by atoms with E-state index in [1.54, 1.807) is 55.5 Å². The lowest BCUT2D eigenvalue weighted by Crippen LogP contribution is -2.27. The van der Waals surface area contributed by atoms with E-state index in [4.69, 9.17) is 9.47 Å². The predicted molar refractivity (Wildman–Crippen MR) is 121 cm³/mol. The van der Waals surface area contributed by atoms with Crippen molar-refractivity contribution in [3.63, 3.8) is 0 Å². The molecule has 164 valence electrons. The molecule has 0 aliphatic rings. The van der Waals surface area contributed by atoms with Crippen molar-refractivity contribution in [1.82, 2.24) is 0 Å². The minimum atomic E-state index is -0.531. The van der Waals surface area contributed by atoms with Crippen LogP contribution >= 0.6 is 0 Å². The third-order valence-corrected chi connectivity index (χ3v) is 4.53. The zero-order chi connectivity index (χ0) is 23.1. The van der Waals surface area contributed by atoms with E-state index in [1.807, 2.05) is 0 Å². The molecule has 7 nitrogen and oxygen atoms in total. The highest BCUT2D eigenvalue weighted by Crippen LogP contribution is 2.28. The molecule has 0 aromatic heterocycles. The van der Waals surface area contributed by atoms with Crippen LogP contribution in [0.4, 0.5) is 15.8 Å². The van der Waals surface area contributed by atoms with Gasteiger partial charge in [0.25, 0.3) is 11.8 Å². The van der Waals surface area contributed by atoms with E-state index in [0.29, 0.717) is 17.1 Å².